The molecule has 1 atom stereocenters. The van der Waals surface area contributed by atoms with Crippen molar-refractivity contribution < 1.29 is 13.2 Å². The van der Waals surface area contributed by atoms with Crippen LogP contribution in [0.4, 0.5) is 0 Å². The van der Waals surface area contributed by atoms with Crippen LogP contribution >= 0.6 is 0 Å². The van der Waals surface area contributed by atoms with Gasteiger partial charge >= 0.3 is 0 Å². The molecule has 0 radical (unpaired) electrons. The van der Waals surface area contributed by atoms with Crippen molar-refractivity contribution >= 4 is 15.7 Å². The number of carbonyl (C=O) groups excluding carboxylic acids is 1. The molecule has 1 saturated heterocycles. The second kappa shape index (κ2) is 6.39. The molecule has 1 unspecified atom stereocenters. The fourth-order valence-electron chi connectivity index (χ4n) is 2.58. The molecule has 0 bridgehead atoms. The Bertz CT molecular complexity index is 539. The molecule has 2 heterocycles. The highest BCUT2D eigenvalue weighted by atomic mass is 32.2. The number of imidazole rings is 1. The van der Waals surface area contributed by atoms with Gasteiger partial charge in [-0.2, -0.15) is 0 Å². The summed E-state index contributed by atoms with van der Waals surface area (Å²) in [4.78, 5) is 17.7. The number of amides is 1. The fraction of sp³-hybridized carbons (Fsp3) is 0.692. The molecule has 0 N–H and O–H groups in total. The first kappa shape index (κ1) is 15.0. The van der Waals surface area contributed by atoms with Crippen molar-refractivity contribution in [2.45, 2.75) is 38.8 Å². The zero-order chi connectivity index (χ0) is 14.6. The first-order chi connectivity index (χ1) is 9.52. The van der Waals surface area contributed by atoms with Crippen LogP contribution in [0.3, 0.4) is 0 Å². The lowest BCUT2D eigenvalue weighted by atomic mass is 10.2. The fourth-order valence-corrected chi connectivity index (χ4v) is 4.31. The largest absolute Gasteiger partial charge is 0.339 e. The first-order valence-corrected chi connectivity index (χ1v) is 8.79. The SMILES string of the molecule is CCC(=O)N(CCCn1ccnc1)C1CCS(=O)(=O)C1. The van der Waals surface area contributed by atoms with E-state index in [1.165, 1.54) is 0 Å². The van der Waals surface area contributed by atoms with Crippen LogP contribution in [0.15, 0.2) is 18.7 Å². The maximum Gasteiger partial charge on any atom is 0.222 e. The molecule has 6 nitrogen and oxygen atoms in total. The summed E-state index contributed by atoms with van der Waals surface area (Å²) in [5, 5.41) is 0. The van der Waals surface area contributed by atoms with Gasteiger partial charge in [0.15, 0.2) is 9.84 Å². The molecule has 1 fully saturated rings. The highest BCUT2D eigenvalue weighted by Gasteiger charge is 2.33. The summed E-state index contributed by atoms with van der Waals surface area (Å²) in [5.41, 5.74) is 0. The van der Waals surface area contributed by atoms with Gasteiger partial charge in [-0.1, -0.05) is 6.92 Å². The summed E-state index contributed by atoms with van der Waals surface area (Å²) in [6.07, 6.45) is 7.13. The minimum atomic E-state index is -2.96. The van der Waals surface area contributed by atoms with Gasteiger partial charge in [-0.25, -0.2) is 13.4 Å². The van der Waals surface area contributed by atoms with Crippen LogP contribution in [0.5, 0.6) is 0 Å². The second-order valence-electron chi connectivity index (χ2n) is 5.15. The van der Waals surface area contributed by atoms with Crippen LogP contribution in [0.2, 0.25) is 0 Å². The number of hydrogen-bond donors (Lipinski definition) is 0. The van der Waals surface area contributed by atoms with Gasteiger partial charge in [0.2, 0.25) is 5.91 Å². The van der Waals surface area contributed by atoms with E-state index in [9.17, 15) is 13.2 Å². The maximum atomic E-state index is 12.0. The summed E-state index contributed by atoms with van der Waals surface area (Å²) in [6, 6.07) is -0.143. The van der Waals surface area contributed by atoms with Crippen molar-refractivity contribution in [1.29, 1.82) is 0 Å². The Balaban J connectivity index is 1.92. The van der Waals surface area contributed by atoms with Crippen LogP contribution in [0.25, 0.3) is 0 Å². The van der Waals surface area contributed by atoms with Crippen molar-refractivity contribution in [2.24, 2.45) is 0 Å². The van der Waals surface area contributed by atoms with Crippen LogP contribution in [0.1, 0.15) is 26.2 Å². The maximum absolute atomic E-state index is 12.0. The standard InChI is InChI=1S/C13H21N3O3S/c1-2-13(17)16(12-4-9-20(18,19)10-12)7-3-6-15-8-5-14-11-15/h5,8,11-12H,2-4,6-7,9-10H2,1H3. The summed E-state index contributed by atoms with van der Waals surface area (Å²) in [6.45, 7) is 3.20. The Hall–Kier alpha value is -1.37. The third kappa shape index (κ3) is 3.82. The summed E-state index contributed by atoms with van der Waals surface area (Å²) >= 11 is 0. The van der Waals surface area contributed by atoms with Crippen LogP contribution in [0, 0.1) is 0 Å². The van der Waals surface area contributed by atoms with E-state index in [1.54, 1.807) is 17.4 Å². The molecule has 0 saturated carbocycles. The quantitative estimate of drug-likeness (QED) is 0.775. The molecular weight excluding hydrogens is 278 g/mol. The Kier molecular flexibility index (Phi) is 4.80. The van der Waals surface area contributed by atoms with Gasteiger partial charge in [-0.15, -0.1) is 0 Å². The highest BCUT2D eigenvalue weighted by Crippen LogP contribution is 2.19. The van der Waals surface area contributed by atoms with Crippen LogP contribution in [-0.2, 0) is 21.2 Å². The summed E-state index contributed by atoms with van der Waals surface area (Å²) in [5.74, 6) is 0.356. The lowest BCUT2D eigenvalue weighted by molar-refractivity contribution is -0.132. The van der Waals surface area contributed by atoms with Gasteiger partial charge in [-0.05, 0) is 12.8 Å². The van der Waals surface area contributed by atoms with Crippen LogP contribution in [-0.4, -0.2) is 52.9 Å². The number of hydrogen-bond acceptors (Lipinski definition) is 4. The molecule has 0 aromatic carbocycles. The van der Waals surface area contributed by atoms with Crippen molar-refractivity contribution in [2.75, 3.05) is 18.1 Å². The van der Waals surface area contributed by atoms with Crippen molar-refractivity contribution in [3.63, 3.8) is 0 Å². The Morgan fingerprint density at radius 3 is 2.85 bits per heavy atom. The lowest BCUT2D eigenvalue weighted by Gasteiger charge is -2.28. The van der Waals surface area contributed by atoms with Gasteiger partial charge in [-0.3, -0.25) is 4.79 Å². The molecule has 0 aliphatic carbocycles. The van der Waals surface area contributed by atoms with E-state index in [1.807, 2.05) is 17.7 Å². The van der Waals surface area contributed by atoms with E-state index in [-0.39, 0.29) is 23.5 Å². The van der Waals surface area contributed by atoms with Gasteiger partial charge in [0, 0.05) is 37.9 Å². The average Bonchev–Trinajstić information content (AvgIpc) is 3.03. The number of aromatic nitrogens is 2. The average molecular weight is 299 g/mol. The normalized spacial score (nSPS) is 20.9. The molecule has 1 aliphatic rings. The topological polar surface area (TPSA) is 72.3 Å². The predicted octanol–water partition coefficient (Wildman–Crippen LogP) is 0.699. The molecule has 7 heteroatoms. The molecule has 1 aromatic rings. The zero-order valence-electron chi connectivity index (χ0n) is 11.7. The van der Waals surface area contributed by atoms with Gasteiger partial charge in [0.05, 0.1) is 17.8 Å². The highest BCUT2D eigenvalue weighted by molar-refractivity contribution is 7.91. The number of aryl methyl sites for hydroxylation is 1. The van der Waals surface area contributed by atoms with Crippen LogP contribution < -0.4 is 0 Å². The predicted molar refractivity (Wildman–Crippen MR) is 75.9 cm³/mol. The molecule has 0 spiro atoms. The van der Waals surface area contributed by atoms with Gasteiger partial charge in [0.25, 0.3) is 0 Å². The van der Waals surface area contributed by atoms with E-state index >= 15 is 0 Å². The molecule has 1 aliphatic heterocycles. The Labute approximate surface area is 119 Å². The minimum Gasteiger partial charge on any atom is -0.339 e. The van der Waals surface area contributed by atoms with Crippen molar-refractivity contribution in [3.05, 3.63) is 18.7 Å². The number of nitrogens with zero attached hydrogens (tertiary/aromatic N) is 3. The smallest absolute Gasteiger partial charge is 0.222 e. The lowest BCUT2D eigenvalue weighted by Crippen LogP contribution is -2.41. The van der Waals surface area contributed by atoms with E-state index < -0.39 is 9.84 Å². The number of rotatable bonds is 6. The third-order valence-electron chi connectivity index (χ3n) is 3.65. The Morgan fingerprint density at radius 1 is 1.50 bits per heavy atom. The molecule has 112 valence electrons. The molecule has 2 rings (SSSR count). The molecular formula is C13H21N3O3S. The second-order valence-corrected chi connectivity index (χ2v) is 7.38. The molecule has 1 aromatic heterocycles. The van der Waals surface area contributed by atoms with Gasteiger partial charge < -0.3 is 9.47 Å². The molecule has 20 heavy (non-hydrogen) atoms. The monoisotopic (exact) mass is 299 g/mol. The Morgan fingerprint density at radius 2 is 2.30 bits per heavy atom. The third-order valence-corrected chi connectivity index (χ3v) is 5.40. The zero-order valence-corrected chi connectivity index (χ0v) is 12.6. The number of carbonyl (C=O) groups is 1. The minimum absolute atomic E-state index is 0.0396. The van der Waals surface area contributed by atoms with E-state index in [0.717, 1.165) is 13.0 Å². The summed E-state index contributed by atoms with van der Waals surface area (Å²) in [7, 11) is -2.96. The van der Waals surface area contributed by atoms with Crippen molar-refractivity contribution in [3.8, 4) is 0 Å². The van der Waals surface area contributed by atoms with Gasteiger partial charge in [0.1, 0.15) is 0 Å². The van der Waals surface area contributed by atoms with Crippen molar-refractivity contribution in [1.82, 2.24) is 14.5 Å². The summed E-state index contributed by atoms with van der Waals surface area (Å²) < 4.78 is 25.1. The first-order valence-electron chi connectivity index (χ1n) is 6.97. The van der Waals surface area contributed by atoms with E-state index in [4.69, 9.17) is 0 Å². The molecule has 1 amide bonds. The van der Waals surface area contributed by atoms with E-state index in [2.05, 4.69) is 4.98 Å². The van der Waals surface area contributed by atoms with E-state index in [0.29, 0.717) is 19.4 Å². The number of sulfone groups is 1.